The number of amides is 1. The number of hydrogen-bond acceptors (Lipinski definition) is 2. The van der Waals surface area contributed by atoms with Gasteiger partial charge < -0.3 is 10.6 Å². The van der Waals surface area contributed by atoms with Crippen molar-refractivity contribution >= 4 is 55.8 Å². The van der Waals surface area contributed by atoms with Crippen molar-refractivity contribution in [3.63, 3.8) is 0 Å². The molecule has 0 fully saturated rings. The molecule has 0 aromatic heterocycles. The first-order chi connectivity index (χ1) is 11.5. The van der Waals surface area contributed by atoms with Crippen LogP contribution >= 0.6 is 38.5 Å². The minimum atomic E-state index is -0.0435. The van der Waals surface area contributed by atoms with Gasteiger partial charge in [-0.05, 0) is 77.9 Å². The van der Waals surface area contributed by atoms with Crippen LogP contribution < -0.4 is 10.6 Å². The van der Waals surface area contributed by atoms with Gasteiger partial charge in [-0.1, -0.05) is 35.7 Å². The van der Waals surface area contributed by atoms with Crippen LogP contribution in [0.4, 0.5) is 11.4 Å². The highest BCUT2D eigenvalue weighted by Crippen LogP contribution is 2.27. The standard InChI is InChI=1S/C19H22BrIN2O/c1-3-4-5-10-22-19(24)16-12-14(20)6-8-18(16)23-17-9-7-15(21)11-13(17)2/h6-9,11-12,23H,3-5,10H2,1-2H3,(H,22,24). The summed E-state index contributed by atoms with van der Waals surface area (Å²) in [5.41, 5.74) is 3.63. The van der Waals surface area contributed by atoms with E-state index in [2.05, 4.69) is 75.1 Å². The molecule has 0 bridgehead atoms. The molecule has 0 heterocycles. The Balaban J connectivity index is 2.19. The Bertz CT molecular complexity index is 719. The number of carbonyl (C=O) groups is 1. The molecule has 2 N–H and O–H groups in total. The van der Waals surface area contributed by atoms with Crippen molar-refractivity contribution in [2.24, 2.45) is 0 Å². The number of benzene rings is 2. The molecule has 0 radical (unpaired) electrons. The molecule has 0 saturated carbocycles. The molecule has 0 aliphatic rings. The van der Waals surface area contributed by atoms with Crippen molar-refractivity contribution in [3.05, 3.63) is 55.6 Å². The summed E-state index contributed by atoms with van der Waals surface area (Å²) < 4.78 is 2.09. The largest absolute Gasteiger partial charge is 0.355 e. The number of halogens is 2. The molecule has 2 aromatic rings. The Hall–Kier alpha value is -1.08. The van der Waals surface area contributed by atoms with Gasteiger partial charge in [0.15, 0.2) is 0 Å². The molecule has 128 valence electrons. The predicted octanol–water partition coefficient (Wildman–Crippen LogP) is 6.03. The fourth-order valence-corrected chi connectivity index (χ4v) is 3.41. The minimum Gasteiger partial charge on any atom is -0.355 e. The smallest absolute Gasteiger partial charge is 0.253 e. The lowest BCUT2D eigenvalue weighted by Gasteiger charge is -2.15. The lowest BCUT2D eigenvalue weighted by atomic mass is 10.1. The number of anilines is 2. The molecular formula is C19H22BrIN2O. The summed E-state index contributed by atoms with van der Waals surface area (Å²) in [5, 5.41) is 6.40. The van der Waals surface area contributed by atoms with Gasteiger partial charge in [-0.25, -0.2) is 0 Å². The number of hydrogen-bond donors (Lipinski definition) is 2. The number of nitrogens with one attached hydrogen (secondary N) is 2. The fraction of sp³-hybridized carbons (Fsp3) is 0.316. The molecule has 1 amide bonds. The lowest BCUT2D eigenvalue weighted by Crippen LogP contribution is -2.25. The highest BCUT2D eigenvalue weighted by atomic mass is 127. The van der Waals surface area contributed by atoms with E-state index in [0.717, 1.165) is 40.7 Å². The molecule has 0 spiro atoms. The van der Waals surface area contributed by atoms with E-state index in [1.807, 2.05) is 24.3 Å². The van der Waals surface area contributed by atoms with Crippen LogP contribution in [-0.2, 0) is 0 Å². The zero-order valence-electron chi connectivity index (χ0n) is 14.0. The fourth-order valence-electron chi connectivity index (χ4n) is 2.40. The summed E-state index contributed by atoms with van der Waals surface area (Å²) >= 11 is 5.76. The first-order valence-electron chi connectivity index (χ1n) is 8.12. The van der Waals surface area contributed by atoms with Crippen molar-refractivity contribution in [1.29, 1.82) is 0 Å². The Morgan fingerprint density at radius 2 is 1.88 bits per heavy atom. The molecule has 0 aliphatic heterocycles. The van der Waals surface area contributed by atoms with Gasteiger partial charge in [0.05, 0.1) is 11.3 Å². The van der Waals surface area contributed by atoms with Gasteiger partial charge in [0.1, 0.15) is 0 Å². The summed E-state index contributed by atoms with van der Waals surface area (Å²) in [5.74, 6) is -0.0435. The van der Waals surface area contributed by atoms with Crippen molar-refractivity contribution in [2.45, 2.75) is 33.1 Å². The minimum absolute atomic E-state index is 0.0435. The van der Waals surface area contributed by atoms with Crippen LogP contribution in [0, 0.1) is 10.5 Å². The van der Waals surface area contributed by atoms with E-state index in [-0.39, 0.29) is 5.91 Å². The highest BCUT2D eigenvalue weighted by Gasteiger charge is 2.13. The molecule has 2 rings (SSSR count). The molecule has 0 aliphatic carbocycles. The first-order valence-corrected chi connectivity index (χ1v) is 9.99. The van der Waals surface area contributed by atoms with Crippen LogP contribution in [-0.4, -0.2) is 12.5 Å². The van der Waals surface area contributed by atoms with Gasteiger partial charge in [0.25, 0.3) is 5.91 Å². The summed E-state index contributed by atoms with van der Waals surface area (Å²) in [7, 11) is 0. The third-order valence-corrected chi connectivity index (χ3v) is 4.91. The van der Waals surface area contributed by atoms with E-state index in [1.54, 1.807) is 0 Å². The molecular weight excluding hydrogens is 479 g/mol. The maximum atomic E-state index is 12.5. The SMILES string of the molecule is CCCCCNC(=O)c1cc(Br)ccc1Nc1ccc(I)cc1C. The van der Waals surface area contributed by atoms with Gasteiger partial charge >= 0.3 is 0 Å². The Morgan fingerprint density at radius 1 is 1.12 bits per heavy atom. The Labute approximate surface area is 165 Å². The number of unbranched alkanes of at least 4 members (excludes halogenated alkanes) is 2. The van der Waals surface area contributed by atoms with Gasteiger partial charge in [-0.15, -0.1) is 0 Å². The van der Waals surface area contributed by atoms with Gasteiger partial charge in [0, 0.05) is 20.3 Å². The second kappa shape index (κ2) is 9.42. The van der Waals surface area contributed by atoms with Gasteiger partial charge in [-0.2, -0.15) is 0 Å². The average molecular weight is 501 g/mol. The lowest BCUT2D eigenvalue weighted by molar-refractivity contribution is 0.0953. The van der Waals surface area contributed by atoms with Crippen LogP contribution in [0.15, 0.2) is 40.9 Å². The maximum absolute atomic E-state index is 12.5. The predicted molar refractivity (Wildman–Crippen MR) is 113 cm³/mol. The van der Waals surface area contributed by atoms with Gasteiger partial charge in [0.2, 0.25) is 0 Å². The normalized spacial score (nSPS) is 10.5. The summed E-state index contributed by atoms with van der Waals surface area (Å²) in [6, 6.07) is 12.0. The van der Waals surface area contributed by atoms with Crippen LogP contribution in [0.2, 0.25) is 0 Å². The summed E-state index contributed by atoms with van der Waals surface area (Å²) in [6.45, 7) is 4.93. The third-order valence-electron chi connectivity index (χ3n) is 3.75. The molecule has 3 nitrogen and oxygen atoms in total. The van der Waals surface area contributed by atoms with E-state index in [4.69, 9.17) is 0 Å². The molecule has 2 aromatic carbocycles. The summed E-state index contributed by atoms with van der Waals surface area (Å²) in [4.78, 5) is 12.5. The zero-order chi connectivity index (χ0) is 17.5. The van der Waals surface area contributed by atoms with Crippen LogP contribution in [0.5, 0.6) is 0 Å². The average Bonchev–Trinajstić information content (AvgIpc) is 2.55. The quantitative estimate of drug-likeness (QED) is 0.360. The monoisotopic (exact) mass is 500 g/mol. The second-order valence-electron chi connectivity index (χ2n) is 5.74. The highest BCUT2D eigenvalue weighted by molar-refractivity contribution is 14.1. The number of aryl methyl sites for hydroxylation is 1. The van der Waals surface area contributed by atoms with Gasteiger partial charge in [-0.3, -0.25) is 4.79 Å². The van der Waals surface area contributed by atoms with E-state index in [9.17, 15) is 4.79 Å². The molecule has 0 saturated heterocycles. The number of carbonyl (C=O) groups excluding carboxylic acids is 1. The molecule has 5 heteroatoms. The summed E-state index contributed by atoms with van der Waals surface area (Å²) in [6.07, 6.45) is 3.28. The van der Waals surface area contributed by atoms with Crippen LogP contribution in [0.3, 0.4) is 0 Å². The van der Waals surface area contributed by atoms with Crippen LogP contribution in [0.1, 0.15) is 42.1 Å². The Morgan fingerprint density at radius 3 is 2.58 bits per heavy atom. The third kappa shape index (κ3) is 5.48. The van der Waals surface area contributed by atoms with Crippen molar-refractivity contribution in [3.8, 4) is 0 Å². The van der Waals surface area contributed by atoms with E-state index in [1.165, 1.54) is 3.57 Å². The molecule has 0 atom stereocenters. The zero-order valence-corrected chi connectivity index (χ0v) is 17.7. The van der Waals surface area contributed by atoms with Crippen molar-refractivity contribution in [1.82, 2.24) is 5.32 Å². The first kappa shape index (κ1) is 19.2. The van der Waals surface area contributed by atoms with Crippen LogP contribution in [0.25, 0.3) is 0 Å². The van der Waals surface area contributed by atoms with Crippen molar-refractivity contribution < 1.29 is 4.79 Å². The number of rotatable bonds is 7. The maximum Gasteiger partial charge on any atom is 0.253 e. The second-order valence-corrected chi connectivity index (χ2v) is 7.90. The van der Waals surface area contributed by atoms with E-state index < -0.39 is 0 Å². The van der Waals surface area contributed by atoms with E-state index in [0.29, 0.717) is 12.1 Å². The topological polar surface area (TPSA) is 41.1 Å². The van der Waals surface area contributed by atoms with Crippen molar-refractivity contribution in [2.75, 3.05) is 11.9 Å². The Kier molecular flexibility index (Phi) is 7.55. The molecule has 0 unspecified atom stereocenters. The van der Waals surface area contributed by atoms with E-state index >= 15 is 0 Å². The molecule has 24 heavy (non-hydrogen) atoms.